The maximum Gasteiger partial charge on any atom is 0.356 e. The van der Waals surface area contributed by atoms with Gasteiger partial charge in [0.2, 0.25) is 5.82 Å². The topological polar surface area (TPSA) is 126 Å². The highest BCUT2D eigenvalue weighted by atomic mass is 35.5. The molecule has 4 aromatic rings. The minimum atomic E-state index is -4.23. The van der Waals surface area contributed by atoms with Gasteiger partial charge in [-0.05, 0) is 49.4 Å². The Morgan fingerprint density at radius 1 is 1.09 bits per heavy atom. The molecule has 0 aliphatic rings. The van der Waals surface area contributed by atoms with Crippen LogP contribution in [0.25, 0.3) is 11.1 Å². The lowest BCUT2D eigenvalue weighted by Gasteiger charge is -2.23. The first-order valence-corrected chi connectivity index (χ1v) is 16.5. The van der Waals surface area contributed by atoms with Crippen LogP contribution in [0, 0.1) is 6.92 Å². The molecule has 0 radical (unpaired) electrons. The van der Waals surface area contributed by atoms with Crippen molar-refractivity contribution in [2.24, 2.45) is 0 Å². The minimum Gasteiger partial charge on any atom is -0.464 e. The van der Waals surface area contributed by atoms with Crippen LogP contribution in [-0.2, 0) is 50.2 Å². The maximum atomic E-state index is 14.2. The average Bonchev–Trinajstić information content (AvgIpc) is 3.56. The zero-order valence-corrected chi connectivity index (χ0v) is 28.0. The molecule has 2 aromatic carbocycles. The molecule has 13 heteroatoms. The van der Waals surface area contributed by atoms with E-state index in [-0.39, 0.29) is 34.8 Å². The Balaban J connectivity index is 1.84. The molecule has 0 saturated carbocycles. The summed E-state index contributed by atoms with van der Waals surface area (Å²) < 4.78 is 52.6. The summed E-state index contributed by atoms with van der Waals surface area (Å²) in [5.74, 6) is 0.593. The Kier molecular flexibility index (Phi) is 11.4. The Labute approximate surface area is 269 Å². The van der Waals surface area contributed by atoms with E-state index in [0.717, 1.165) is 27.7 Å². The number of rotatable bonds is 15. The van der Waals surface area contributed by atoms with Crippen molar-refractivity contribution in [3.63, 3.8) is 0 Å². The lowest BCUT2D eigenvalue weighted by Crippen LogP contribution is -2.33. The maximum absolute atomic E-state index is 14.2. The van der Waals surface area contributed by atoms with E-state index in [0.29, 0.717) is 48.5 Å². The first-order chi connectivity index (χ1) is 21.6. The fourth-order valence-corrected chi connectivity index (χ4v) is 6.89. The molecule has 4 rings (SSSR count). The van der Waals surface area contributed by atoms with E-state index in [2.05, 4.69) is 12.1 Å². The number of aromatic nitrogens is 3. The van der Waals surface area contributed by atoms with Gasteiger partial charge >= 0.3 is 5.97 Å². The molecule has 0 fully saturated rings. The third-order valence-electron chi connectivity index (χ3n) is 7.28. The second-order valence-corrected chi connectivity index (χ2v) is 12.5. The fraction of sp³-hybridized carbons (Fsp3) is 0.406. The first-order valence-electron chi connectivity index (χ1n) is 14.7. The van der Waals surface area contributed by atoms with Crippen molar-refractivity contribution in [1.29, 1.82) is 0 Å². The highest BCUT2D eigenvalue weighted by Crippen LogP contribution is 2.37. The highest BCUT2D eigenvalue weighted by Gasteiger charge is 2.33. The molecule has 0 aliphatic carbocycles. The van der Waals surface area contributed by atoms with Crippen LogP contribution < -0.4 is 4.31 Å². The first kappa shape index (κ1) is 34.2. The lowest BCUT2D eigenvalue weighted by atomic mass is 9.97. The van der Waals surface area contributed by atoms with Crippen molar-refractivity contribution in [3.8, 4) is 11.1 Å². The normalized spacial score (nSPS) is 11.6. The largest absolute Gasteiger partial charge is 0.464 e. The van der Waals surface area contributed by atoms with E-state index in [1.807, 2.05) is 36.6 Å². The molecule has 0 spiro atoms. The summed E-state index contributed by atoms with van der Waals surface area (Å²) in [5, 5.41) is 3.97. The van der Waals surface area contributed by atoms with E-state index in [1.54, 1.807) is 25.1 Å². The average molecular weight is 659 g/mol. The van der Waals surface area contributed by atoms with Crippen LogP contribution in [-0.4, -0.2) is 56.7 Å². The fourth-order valence-electron chi connectivity index (χ4n) is 5.13. The Hall–Kier alpha value is -3.71. The van der Waals surface area contributed by atoms with Crippen molar-refractivity contribution >= 4 is 33.4 Å². The van der Waals surface area contributed by atoms with Crippen LogP contribution in [0.2, 0.25) is 5.02 Å². The molecule has 2 aromatic heterocycles. The van der Waals surface area contributed by atoms with E-state index < -0.39 is 16.0 Å². The van der Waals surface area contributed by atoms with Gasteiger partial charge < -0.3 is 23.3 Å². The molecular weight excluding hydrogens is 620 g/mol. The van der Waals surface area contributed by atoms with Crippen molar-refractivity contribution in [2.75, 3.05) is 31.9 Å². The summed E-state index contributed by atoms with van der Waals surface area (Å²) >= 11 is 6.37. The predicted octanol–water partition coefficient (Wildman–Crippen LogP) is 6.19. The number of imidazole rings is 1. The Morgan fingerprint density at radius 2 is 1.84 bits per heavy atom. The Bertz CT molecular complexity index is 1750. The van der Waals surface area contributed by atoms with Gasteiger partial charge in [0.15, 0.2) is 11.5 Å². The molecule has 0 saturated heterocycles. The number of anilines is 1. The quantitative estimate of drug-likeness (QED) is 0.109. The van der Waals surface area contributed by atoms with Gasteiger partial charge in [0.1, 0.15) is 17.6 Å². The van der Waals surface area contributed by atoms with Crippen LogP contribution >= 0.6 is 11.6 Å². The number of halogens is 1. The van der Waals surface area contributed by atoms with Gasteiger partial charge in [-0.1, -0.05) is 67.0 Å². The van der Waals surface area contributed by atoms with Crippen LogP contribution in [0.1, 0.15) is 66.1 Å². The molecule has 0 aliphatic heterocycles. The molecule has 11 nitrogen and oxygen atoms in total. The monoisotopic (exact) mass is 658 g/mol. The number of aryl methyl sites for hydroxylation is 3. The molecule has 45 heavy (non-hydrogen) atoms. The number of methoxy groups -OCH3 is 2. The van der Waals surface area contributed by atoms with Gasteiger partial charge in [0, 0.05) is 32.2 Å². The van der Waals surface area contributed by atoms with Gasteiger partial charge in [-0.15, -0.1) is 0 Å². The number of hydrogen-bond donors (Lipinski definition) is 0. The molecule has 0 N–H and O–H groups in total. The van der Waals surface area contributed by atoms with Gasteiger partial charge in [-0.25, -0.2) is 22.5 Å². The summed E-state index contributed by atoms with van der Waals surface area (Å²) in [6.07, 6.45) is 2.15. The standard InChI is InChI=1S/C32H39ClN4O7S/c1-7-12-28-34-26(8-2)30(32(38)42-6)36(28)18-22-15-16-24(23(17-22)19-43-9-3)25-13-10-11-14-27(25)45(39,40)37(20-41-5)31-29(33)21(4)44-35-31/h10-11,13-17H,7-9,12,18-20H2,1-6H3. The van der Waals surface area contributed by atoms with Crippen molar-refractivity contribution < 1.29 is 31.9 Å². The number of carbonyl (C=O) groups excluding carboxylic acids is 1. The van der Waals surface area contributed by atoms with Crippen LogP contribution in [0.4, 0.5) is 5.82 Å². The number of benzene rings is 2. The molecule has 2 heterocycles. The lowest BCUT2D eigenvalue weighted by molar-refractivity contribution is 0.0587. The van der Waals surface area contributed by atoms with Gasteiger partial charge in [-0.3, -0.25) is 0 Å². The number of hydrogen-bond acceptors (Lipinski definition) is 9. The summed E-state index contributed by atoms with van der Waals surface area (Å²) in [6.45, 7) is 8.25. The zero-order chi connectivity index (χ0) is 32.7. The second-order valence-electron chi connectivity index (χ2n) is 10.3. The molecule has 0 amide bonds. The number of ether oxygens (including phenoxy) is 3. The van der Waals surface area contributed by atoms with Crippen LogP contribution in [0.3, 0.4) is 0 Å². The van der Waals surface area contributed by atoms with E-state index >= 15 is 0 Å². The number of nitrogens with zero attached hydrogens (tertiary/aromatic N) is 4. The smallest absolute Gasteiger partial charge is 0.356 e. The summed E-state index contributed by atoms with van der Waals surface area (Å²) in [5.41, 5.74) is 3.94. The minimum absolute atomic E-state index is 0.0321. The third-order valence-corrected chi connectivity index (χ3v) is 9.49. The molecular formula is C32H39ClN4O7S. The zero-order valence-electron chi connectivity index (χ0n) is 26.4. The SMILES string of the molecule is CCCc1nc(CC)c(C(=O)OC)n1Cc1ccc(-c2ccccc2S(=O)(=O)N(COC)c2noc(C)c2Cl)c(COCC)c1. The van der Waals surface area contributed by atoms with E-state index in [1.165, 1.54) is 20.3 Å². The number of carbonyl (C=O) groups is 1. The third kappa shape index (κ3) is 7.09. The molecule has 0 atom stereocenters. The van der Waals surface area contributed by atoms with E-state index in [4.69, 9.17) is 35.3 Å². The van der Waals surface area contributed by atoms with Gasteiger partial charge in [0.25, 0.3) is 10.0 Å². The molecule has 0 bridgehead atoms. The van der Waals surface area contributed by atoms with Crippen molar-refractivity contribution in [1.82, 2.24) is 14.7 Å². The highest BCUT2D eigenvalue weighted by molar-refractivity contribution is 7.93. The molecule has 0 unspecified atom stereocenters. The number of esters is 1. The molecule has 242 valence electrons. The Morgan fingerprint density at radius 3 is 2.47 bits per heavy atom. The van der Waals surface area contributed by atoms with Crippen LogP contribution in [0.5, 0.6) is 0 Å². The van der Waals surface area contributed by atoms with E-state index in [9.17, 15) is 13.2 Å². The van der Waals surface area contributed by atoms with Gasteiger partial charge in [-0.2, -0.15) is 0 Å². The van der Waals surface area contributed by atoms with Crippen molar-refractivity contribution in [3.05, 3.63) is 81.6 Å². The summed E-state index contributed by atoms with van der Waals surface area (Å²) in [6, 6.07) is 12.5. The summed E-state index contributed by atoms with van der Waals surface area (Å²) in [7, 11) is -1.48. The van der Waals surface area contributed by atoms with Gasteiger partial charge in [0.05, 0.1) is 24.3 Å². The second kappa shape index (κ2) is 15.0. The van der Waals surface area contributed by atoms with Crippen molar-refractivity contribution in [2.45, 2.75) is 65.0 Å². The number of sulfonamides is 1. The summed E-state index contributed by atoms with van der Waals surface area (Å²) in [4.78, 5) is 17.6. The van der Waals surface area contributed by atoms with Crippen LogP contribution in [0.15, 0.2) is 51.9 Å². The predicted molar refractivity (Wildman–Crippen MR) is 171 cm³/mol.